The van der Waals surface area contributed by atoms with Gasteiger partial charge in [-0.2, -0.15) is 0 Å². The largest absolute Gasteiger partial charge is 0.508 e. The summed E-state index contributed by atoms with van der Waals surface area (Å²) in [6.45, 7) is 0.866. The maximum Gasteiger partial charge on any atom is 0.239 e. The molecule has 0 spiro atoms. The average Bonchev–Trinajstić information content (AvgIpc) is 2.95. The highest BCUT2D eigenvalue weighted by Gasteiger charge is 2.47. The molecule has 15 nitrogen and oxygen atoms in total. The van der Waals surface area contributed by atoms with Gasteiger partial charge in [0.1, 0.15) is 70.9 Å². The summed E-state index contributed by atoms with van der Waals surface area (Å²) < 4.78 is 28.0. The number of fused-ring (bicyclic) bond motifs is 1. The first-order valence-corrected chi connectivity index (χ1v) is 12.9. The maximum atomic E-state index is 13.5. The van der Waals surface area contributed by atoms with E-state index in [1.54, 1.807) is 0 Å². The zero-order valence-electron chi connectivity index (χ0n) is 21.9. The number of aromatic hydroxyl groups is 3. The molecule has 0 bridgehead atoms. The summed E-state index contributed by atoms with van der Waals surface area (Å²) in [7, 11) is 0. The minimum atomic E-state index is -1.92. The number of hydrogen-bond acceptors (Lipinski definition) is 15. The van der Waals surface area contributed by atoms with Crippen LogP contribution >= 0.6 is 0 Å². The molecule has 10 atom stereocenters. The van der Waals surface area contributed by atoms with Crippen molar-refractivity contribution in [2.24, 2.45) is 0 Å². The van der Waals surface area contributed by atoms with E-state index in [0.29, 0.717) is 0 Å². The van der Waals surface area contributed by atoms with Crippen molar-refractivity contribution in [3.8, 4) is 34.3 Å². The lowest BCUT2D eigenvalue weighted by molar-refractivity contribution is -0.318. The van der Waals surface area contributed by atoms with Gasteiger partial charge in [0.2, 0.25) is 17.5 Å². The van der Waals surface area contributed by atoms with E-state index in [9.17, 15) is 50.8 Å². The van der Waals surface area contributed by atoms with Crippen molar-refractivity contribution >= 4 is 11.0 Å². The third-order valence-corrected chi connectivity index (χ3v) is 7.18. The van der Waals surface area contributed by atoms with E-state index in [1.807, 2.05) is 0 Å². The summed E-state index contributed by atoms with van der Waals surface area (Å²) in [5, 5.41) is 91.4. The number of aliphatic hydroxyl groups is 6. The number of rotatable bonds is 6. The second-order valence-corrected chi connectivity index (χ2v) is 10.1. The predicted octanol–water partition coefficient (Wildman–Crippen LogP) is -1.39. The summed E-state index contributed by atoms with van der Waals surface area (Å²) in [5.74, 6) is -1.97. The summed E-state index contributed by atoms with van der Waals surface area (Å²) in [6.07, 6.45) is -15.8. The van der Waals surface area contributed by atoms with Crippen molar-refractivity contribution in [1.29, 1.82) is 0 Å². The monoisotopic (exact) mass is 594 g/mol. The lowest BCUT2D eigenvalue weighted by Crippen LogP contribution is -2.61. The van der Waals surface area contributed by atoms with Crippen LogP contribution in [0.25, 0.3) is 22.3 Å². The molecule has 42 heavy (non-hydrogen) atoms. The van der Waals surface area contributed by atoms with Gasteiger partial charge in [0.05, 0.1) is 12.7 Å². The molecule has 2 aromatic carbocycles. The molecule has 0 aliphatic carbocycles. The Kier molecular flexibility index (Phi) is 8.30. The third-order valence-electron chi connectivity index (χ3n) is 7.18. The van der Waals surface area contributed by atoms with E-state index < -0.39 is 90.7 Å². The van der Waals surface area contributed by atoms with Crippen molar-refractivity contribution in [1.82, 2.24) is 0 Å². The van der Waals surface area contributed by atoms with E-state index >= 15 is 0 Å². The zero-order valence-corrected chi connectivity index (χ0v) is 21.9. The van der Waals surface area contributed by atoms with Crippen LogP contribution in [0.5, 0.6) is 23.0 Å². The van der Waals surface area contributed by atoms with E-state index in [2.05, 4.69) is 0 Å². The quantitative estimate of drug-likeness (QED) is 0.159. The summed E-state index contributed by atoms with van der Waals surface area (Å²) in [4.78, 5) is 13.5. The van der Waals surface area contributed by atoms with Crippen LogP contribution < -0.4 is 10.2 Å². The molecule has 0 radical (unpaired) electrons. The Morgan fingerprint density at radius 3 is 2.10 bits per heavy atom. The van der Waals surface area contributed by atoms with Gasteiger partial charge in [0.25, 0.3) is 0 Å². The highest BCUT2D eigenvalue weighted by Crippen LogP contribution is 2.37. The first kappa shape index (κ1) is 30.0. The van der Waals surface area contributed by atoms with Crippen LogP contribution in [0.4, 0.5) is 0 Å². The smallest absolute Gasteiger partial charge is 0.239 e. The van der Waals surface area contributed by atoms with Crippen molar-refractivity contribution in [2.75, 3.05) is 6.61 Å². The molecule has 3 aromatic rings. The molecule has 2 fully saturated rings. The Hall–Kier alpha value is -3.51. The summed E-state index contributed by atoms with van der Waals surface area (Å²) in [6, 6.07) is 7.33. The topological polar surface area (TPSA) is 249 Å². The molecule has 228 valence electrons. The second-order valence-electron chi connectivity index (χ2n) is 10.1. The summed E-state index contributed by atoms with van der Waals surface area (Å²) >= 11 is 0. The highest BCUT2D eigenvalue weighted by atomic mass is 16.7. The van der Waals surface area contributed by atoms with Gasteiger partial charge in [-0.25, -0.2) is 0 Å². The van der Waals surface area contributed by atoms with Gasteiger partial charge in [-0.05, 0) is 31.2 Å². The predicted molar refractivity (Wildman–Crippen MR) is 139 cm³/mol. The van der Waals surface area contributed by atoms with Gasteiger partial charge in [-0.3, -0.25) is 4.79 Å². The molecule has 0 unspecified atom stereocenters. The van der Waals surface area contributed by atoms with Crippen molar-refractivity contribution in [2.45, 2.75) is 68.3 Å². The summed E-state index contributed by atoms with van der Waals surface area (Å²) in [5.41, 5.74) is -0.956. The molecule has 5 rings (SSSR count). The second kappa shape index (κ2) is 11.6. The number of ether oxygens (including phenoxy) is 4. The first-order chi connectivity index (χ1) is 19.9. The molecular formula is C27H30O15. The van der Waals surface area contributed by atoms with E-state index in [4.69, 9.17) is 23.4 Å². The molecular weight excluding hydrogens is 564 g/mol. The van der Waals surface area contributed by atoms with Gasteiger partial charge in [0.15, 0.2) is 12.1 Å². The molecule has 1 aromatic heterocycles. The van der Waals surface area contributed by atoms with Crippen LogP contribution in [0.3, 0.4) is 0 Å². The van der Waals surface area contributed by atoms with E-state index in [-0.39, 0.29) is 28.0 Å². The standard InChI is InChI=1S/C27H30O15/c1-9-17(31)20(34)22(36)26(39-9)38-8-15-18(32)21(35)23(37)27(41-15)42-25-19(33)16-13(30)6-12(29)7-14(16)40-24(25)10-2-4-11(28)5-3-10/h2-7,9,15,17-18,20-23,26-32,34-37H,8H2,1H3/t9-,15+,17-,18+,20+,21+,22+,23-,26+,27-/m0/s1. The van der Waals surface area contributed by atoms with Crippen molar-refractivity contribution < 1.29 is 69.3 Å². The maximum absolute atomic E-state index is 13.5. The van der Waals surface area contributed by atoms with Crippen LogP contribution in [0.2, 0.25) is 0 Å². The number of phenols is 3. The molecule has 0 amide bonds. The van der Waals surface area contributed by atoms with E-state index in [0.717, 1.165) is 12.1 Å². The fraction of sp³-hybridized carbons (Fsp3) is 0.444. The van der Waals surface area contributed by atoms with Gasteiger partial charge in [-0.15, -0.1) is 0 Å². The zero-order chi connectivity index (χ0) is 30.5. The minimum Gasteiger partial charge on any atom is -0.508 e. The van der Waals surface area contributed by atoms with Crippen LogP contribution in [0.1, 0.15) is 6.92 Å². The highest BCUT2D eigenvalue weighted by molar-refractivity contribution is 5.88. The molecule has 2 aliphatic heterocycles. The molecule has 0 saturated carbocycles. The molecule has 9 N–H and O–H groups in total. The number of phenolic OH excluding ortho intramolecular Hbond substituents is 3. The van der Waals surface area contributed by atoms with Crippen LogP contribution in [0, 0.1) is 0 Å². The van der Waals surface area contributed by atoms with Crippen molar-refractivity contribution in [3.05, 3.63) is 46.6 Å². The number of hydrogen-bond donors (Lipinski definition) is 9. The number of benzene rings is 2. The van der Waals surface area contributed by atoms with Gasteiger partial charge in [-0.1, -0.05) is 0 Å². The van der Waals surface area contributed by atoms with Crippen LogP contribution in [-0.4, -0.2) is 114 Å². The Bertz CT molecular complexity index is 1470. The normalized spacial score (nSPS) is 33.5. The lowest BCUT2D eigenvalue weighted by atomic mass is 9.98. The molecule has 2 saturated heterocycles. The van der Waals surface area contributed by atoms with Crippen molar-refractivity contribution in [3.63, 3.8) is 0 Å². The van der Waals surface area contributed by atoms with Gasteiger partial charge in [0, 0.05) is 17.7 Å². The molecule has 15 heteroatoms. The average molecular weight is 595 g/mol. The SMILES string of the molecule is C[C@@H]1O[C@@H](OC[C@H]2O[C@@H](Oc3c(-c4ccc(O)cc4)oc4cc(O)cc(O)c4c3=O)[C@@H](O)[C@H](O)[C@@H]2O)[C@H](O)[C@H](O)[C@H]1O. The van der Waals surface area contributed by atoms with Crippen LogP contribution in [-0.2, 0) is 14.2 Å². The lowest BCUT2D eigenvalue weighted by Gasteiger charge is -2.42. The first-order valence-electron chi connectivity index (χ1n) is 12.9. The minimum absolute atomic E-state index is 0.103. The Balaban J connectivity index is 1.46. The number of aliphatic hydroxyl groups excluding tert-OH is 6. The van der Waals surface area contributed by atoms with Crippen LogP contribution in [0.15, 0.2) is 45.6 Å². The fourth-order valence-electron chi connectivity index (χ4n) is 4.79. The Morgan fingerprint density at radius 2 is 1.40 bits per heavy atom. The van der Waals surface area contributed by atoms with Gasteiger partial charge < -0.3 is 69.3 Å². The third kappa shape index (κ3) is 5.49. The Labute approximate surface area is 236 Å². The van der Waals surface area contributed by atoms with Gasteiger partial charge >= 0.3 is 0 Å². The molecule has 2 aliphatic rings. The fourth-order valence-corrected chi connectivity index (χ4v) is 4.79. The van der Waals surface area contributed by atoms with E-state index in [1.165, 1.54) is 31.2 Å². The molecule has 3 heterocycles. The Morgan fingerprint density at radius 1 is 0.762 bits per heavy atom.